The summed E-state index contributed by atoms with van der Waals surface area (Å²) in [5, 5.41) is 4.09. The van der Waals surface area contributed by atoms with E-state index in [4.69, 9.17) is 11.6 Å². The highest BCUT2D eigenvalue weighted by molar-refractivity contribution is 7.99. The van der Waals surface area contributed by atoms with Gasteiger partial charge in [0.1, 0.15) is 0 Å². The molecule has 0 aliphatic carbocycles. The lowest BCUT2D eigenvalue weighted by molar-refractivity contribution is 0.690. The number of thioether (sulfide) groups is 1. The van der Waals surface area contributed by atoms with Gasteiger partial charge in [-0.1, -0.05) is 19.1 Å². The smallest absolute Gasteiger partial charge is 0.0404 e. The lowest BCUT2D eigenvalue weighted by Gasteiger charge is -2.07. The Balaban J connectivity index is 3.05. The number of nitrogens with one attached hydrogen (secondary N) is 1. The first kappa shape index (κ1) is 12.3. The van der Waals surface area contributed by atoms with Crippen molar-refractivity contribution in [2.75, 3.05) is 25.2 Å². The number of alkyl halides is 1. The Bertz CT molecular complexity index is 117. The van der Waals surface area contributed by atoms with E-state index >= 15 is 0 Å². The molecular formula is C9H18ClNS. The van der Waals surface area contributed by atoms with Gasteiger partial charge in [0.25, 0.3) is 0 Å². The second kappa shape index (κ2) is 9.43. The Morgan fingerprint density at radius 3 is 2.83 bits per heavy atom. The molecule has 0 fully saturated rings. The summed E-state index contributed by atoms with van der Waals surface area (Å²) in [6.07, 6.45) is 7.41. The third kappa shape index (κ3) is 8.44. The van der Waals surface area contributed by atoms with E-state index in [0.29, 0.717) is 5.88 Å². The average molecular weight is 208 g/mol. The van der Waals surface area contributed by atoms with E-state index in [2.05, 4.69) is 24.6 Å². The second-order valence-electron chi connectivity index (χ2n) is 2.66. The molecule has 0 heterocycles. The molecule has 1 nitrogen and oxygen atoms in total. The van der Waals surface area contributed by atoms with Crippen LogP contribution in [-0.2, 0) is 0 Å². The van der Waals surface area contributed by atoms with Crippen LogP contribution in [0.4, 0.5) is 0 Å². The summed E-state index contributed by atoms with van der Waals surface area (Å²) in [5.74, 6) is 0.614. The van der Waals surface area contributed by atoms with E-state index in [-0.39, 0.29) is 0 Å². The maximum Gasteiger partial charge on any atom is 0.0404 e. The van der Waals surface area contributed by atoms with Gasteiger partial charge >= 0.3 is 0 Å². The highest BCUT2D eigenvalue weighted by Gasteiger charge is 1.96. The van der Waals surface area contributed by atoms with Gasteiger partial charge in [-0.3, -0.25) is 0 Å². The molecule has 1 unspecified atom stereocenters. The molecule has 1 atom stereocenters. The predicted molar refractivity (Wildman–Crippen MR) is 60.3 cm³/mol. The van der Waals surface area contributed by atoms with E-state index in [1.807, 2.05) is 17.8 Å². The van der Waals surface area contributed by atoms with Gasteiger partial charge in [0, 0.05) is 17.7 Å². The van der Waals surface area contributed by atoms with Crippen LogP contribution in [0.3, 0.4) is 0 Å². The molecule has 0 aromatic carbocycles. The molecule has 0 aromatic rings. The normalized spacial score (nSPS) is 13.9. The molecule has 72 valence electrons. The standard InChI is InChI=1S/C9H18ClNS/c1-9(12-2)5-8-11-7-4-3-6-10/h3-4,9,11H,5-8H2,1-2H3/b4-3+. The zero-order chi connectivity index (χ0) is 9.23. The second-order valence-corrected chi connectivity index (χ2v) is 4.25. The molecule has 12 heavy (non-hydrogen) atoms. The van der Waals surface area contributed by atoms with Gasteiger partial charge < -0.3 is 5.32 Å². The van der Waals surface area contributed by atoms with Crippen molar-refractivity contribution in [2.45, 2.75) is 18.6 Å². The number of rotatable bonds is 7. The van der Waals surface area contributed by atoms with E-state index < -0.39 is 0 Å². The molecule has 0 saturated heterocycles. The molecule has 1 N–H and O–H groups in total. The van der Waals surface area contributed by atoms with Crippen molar-refractivity contribution >= 4 is 23.4 Å². The molecule has 0 saturated carbocycles. The summed E-state index contributed by atoms with van der Waals surface area (Å²) in [7, 11) is 0. The summed E-state index contributed by atoms with van der Waals surface area (Å²) in [6, 6.07) is 0. The maximum absolute atomic E-state index is 5.47. The fourth-order valence-electron chi connectivity index (χ4n) is 0.755. The van der Waals surface area contributed by atoms with Crippen molar-refractivity contribution in [3.8, 4) is 0 Å². The molecule has 0 amide bonds. The van der Waals surface area contributed by atoms with Crippen molar-refractivity contribution in [3.05, 3.63) is 12.2 Å². The average Bonchev–Trinajstić information content (AvgIpc) is 2.10. The van der Waals surface area contributed by atoms with Crippen molar-refractivity contribution < 1.29 is 0 Å². The first-order valence-corrected chi connectivity index (χ1v) is 6.08. The van der Waals surface area contributed by atoms with Crippen LogP contribution in [-0.4, -0.2) is 30.5 Å². The molecular weight excluding hydrogens is 190 g/mol. The highest BCUT2D eigenvalue weighted by Crippen LogP contribution is 2.07. The number of allylic oxidation sites excluding steroid dienone is 1. The maximum atomic E-state index is 5.47. The van der Waals surface area contributed by atoms with Crippen LogP contribution in [0.25, 0.3) is 0 Å². The fraction of sp³-hybridized carbons (Fsp3) is 0.778. The van der Waals surface area contributed by atoms with Gasteiger partial charge in [0.15, 0.2) is 0 Å². The molecule has 0 rings (SSSR count). The predicted octanol–water partition coefficient (Wildman–Crippen LogP) is 2.51. The van der Waals surface area contributed by atoms with Gasteiger partial charge in [-0.15, -0.1) is 11.6 Å². The molecule has 0 radical (unpaired) electrons. The minimum Gasteiger partial charge on any atom is -0.313 e. The van der Waals surface area contributed by atoms with Crippen LogP contribution < -0.4 is 5.32 Å². The SMILES string of the molecule is CSC(C)CCNC/C=C/CCl. The molecule has 0 aliphatic rings. The van der Waals surface area contributed by atoms with Gasteiger partial charge in [-0.05, 0) is 19.2 Å². The van der Waals surface area contributed by atoms with E-state index in [1.165, 1.54) is 6.42 Å². The summed E-state index contributed by atoms with van der Waals surface area (Å²) in [6.45, 7) is 4.28. The van der Waals surface area contributed by atoms with Crippen LogP contribution in [0, 0.1) is 0 Å². The largest absolute Gasteiger partial charge is 0.313 e. The lowest BCUT2D eigenvalue weighted by Crippen LogP contribution is -2.17. The number of hydrogen-bond donors (Lipinski definition) is 1. The first-order valence-electron chi connectivity index (χ1n) is 4.25. The Labute approximate surface area is 84.9 Å². The quantitative estimate of drug-likeness (QED) is 0.391. The van der Waals surface area contributed by atoms with Gasteiger partial charge in [0.05, 0.1) is 0 Å². The lowest BCUT2D eigenvalue weighted by atomic mass is 10.3. The topological polar surface area (TPSA) is 12.0 Å². The van der Waals surface area contributed by atoms with Crippen molar-refractivity contribution in [2.24, 2.45) is 0 Å². The summed E-state index contributed by atoms with van der Waals surface area (Å²) in [5.41, 5.74) is 0. The van der Waals surface area contributed by atoms with Crippen LogP contribution in [0.1, 0.15) is 13.3 Å². The summed E-state index contributed by atoms with van der Waals surface area (Å²) < 4.78 is 0. The molecule has 0 spiro atoms. The molecule has 0 aliphatic heterocycles. The fourth-order valence-corrected chi connectivity index (χ4v) is 1.23. The zero-order valence-electron chi connectivity index (χ0n) is 7.85. The monoisotopic (exact) mass is 207 g/mol. The van der Waals surface area contributed by atoms with E-state index in [0.717, 1.165) is 18.3 Å². The van der Waals surface area contributed by atoms with Crippen LogP contribution in [0.5, 0.6) is 0 Å². The molecule has 3 heteroatoms. The van der Waals surface area contributed by atoms with Gasteiger partial charge in [0.2, 0.25) is 0 Å². The zero-order valence-corrected chi connectivity index (χ0v) is 9.42. The third-order valence-electron chi connectivity index (χ3n) is 1.65. The first-order chi connectivity index (χ1) is 5.81. The van der Waals surface area contributed by atoms with Crippen molar-refractivity contribution in [3.63, 3.8) is 0 Å². The van der Waals surface area contributed by atoms with Gasteiger partial charge in [-0.2, -0.15) is 11.8 Å². The Morgan fingerprint density at radius 2 is 2.25 bits per heavy atom. The summed E-state index contributed by atoms with van der Waals surface area (Å²) >= 11 is 7.38. The Kier molecular flexibility index (Phi) is 9.70. The Morgan fingerprint density at radius 1 is 1.50 bits per heavy atom. The highest BCUT2D eigenvalue weighted by atomic mass is 35.5. The van der Waals surface area contributed by atoms with E-state index in [9.17, 15) is 0 Å². The minimum atomic E-state index is 0.614. The molecule has 0 bridgehead atoms. The third-order valence-corrected chi connectivity index (χ3v) is 2.87. The van der Waals surface area contributed by atoms with Gasteiger partial charge in [-0.25, -0.2) is 0 Å². The van der Waals surface area contributed by atoms with Crippen molar-refractivity contribution in [1.82, 2.24) is 5.32 Å². The Hall–Kier alpha value is 0.340. The van der Waals surface area contributed by atoms with Crippen LogP contribution >= 0.6 is 23.4 Å². The van der Waals surface area contributed by atoms with E-state index in [1.54, 1.807) is 0 Å². The minimum absolute atomic E-state index is 0.614. The van der Waals surface area contributed by atoms with Crippen LogP contribution in [0.2, 0.25) is 0 Å². The number of halogens is 1. The van der Waals surface area contributed by atoms with Crippen molar-refractivity contribution in [1.29, 1.82) is 0 Å². The molecule has 0 aromatic heterocycles. The summed E-state index contributed by atoms with van der Waals surface area (Å²) in [4.78, 5) is 0. The van der Waals surface area contributed by atoms with Crippen LogP contribution in [0.15, 0.2) is 12.2 Å². The number of hydrogen-bond acceptors (Lipinski definition) is 2.